The molecular formula is C19H21N3O2S. The zero-order chi connectivity index (χ0) is 17.1. The molecule has 1 aliphatic rings. The van der Waals surface area contributed by atoms with E-state index in [1.807, 2.05) is 28.9 Å². The summed E-state index contributed by atoms with van der Waals surface area (Å²) >= 11 is 1.72. The highest BCUT2D eigenvalue weighted by Crippen LogP contribution is 2.31. The van der Waals surface area contributed by atoms with Gasteiger partial charge in [-0.15, -0.1) is 11.3 Å². The van der Waals surface area contributed by atoms with Crippen LogP contribution in [0.4, 0.5) is 0 Å². The molecule has 25 heavy (non-hydrogen) atoms. The van der Waals surface area contributed by atoms with E-state index in [4.69, 9.17) is 9.72 Å². The summed E-state index contributed by atoms with van der Waals surface area (Å²) < 4.78 is 7.76. The number of aliphatic hydroxyl groups excluding tert-OH is 1. The van der Waals surface area contributed by atoms with E-state index in [-0.39, 0.29) is 12.5 Å². The predicted octanol–water partition coefficient (Wildman–Crippen LogP) is 3.03. The molecule has 1 atom stereocenters. The molecule has 4 rings (SSSR count). The second-order valence-corrected chi connectivity index (χ2v) is 7.27. The highest BCUT2D eigenvalue weighted by Gasteiger charge is 2.24. The molecule has 0 fully saturated rings. The van der Waals surface area contributed by atoms with Gasteiger partial charge in [-0.05, 0) is 35.9 Å². The van der Waals surface area contributed by atoms with Crippen LogP contribution in [0.5, 0.6) is 5.75 Å². The Labute approximate surface area is 150 Å². The summed E-state index contributed by atoms with van der Waals surface area (Å²) in [5.74, 6) is 3.00. The van der Waals surface area contributed by atoms with Crippen LogP contribution >= 0.6 is 11.3 Å². The number of aromatic nitrogens is 3. The molecule has 130 valence electrons. The Hall–Kier alpha value is -2.18. The molecule has 0 saturated carbocycles. The van der Waals surface area contributed by atoms with E-state index in [1.165, 1.54) is 10.4 Å². The van der Waals surface area contributed by atoms with Crippen LogP contribution in [0, 0.1) is 0 Å². The van der Waals surface area contributed by atoms with E-state index in [1.54, 1.807) is 11.3 Å². The largest absolute Gasteiger partial charge is 0.493 e. The number of thiophene rings is 1. The van der Waals surface area contributed by atoms with Crippen molar-refractivity contribution < 1.29 is 9.84 Å². The molecule has 0 radical (unpaired) electrons. The Morgan fingerprint density at radius 1 is 1.24 bits per heavy atom. The Balaban J connectivity index is 1.63. The standard InChI is InChI=1S/C19H21N3O2S/c23-9-8-22-19(20-18(21-22)13-16-5-3-11-25-16)15-7-10-24-17-6-2-1-4-14(17)12-15/h1-6,11,15,23H,7-10,12-13H2. The number of hydrogen-bond acceptors (Lipinski definition) is 5. The summed E-state index contributed by atoms with van der Waals surface area (Å²) in [6.07, 6.45) is 2.53. The van der Waals surface area contributed by atoms with Crippen molar-refractivity contribution in [3.05, 3.63) is 63.9 Å². The van der Waals surface area contributed by atoms with Gasteiger partial charge in [-0.1, -0.05) is 24.3 Å². The fourth-order valence-electron chi connectivity index (χ4n) is 3.32. The average molecular weight is 355 g/mol. The van der Waals surface area contributed by atoms with Crippen molar-refractivity contribution in [2.75, 3.05) is 13.2 Å². The van der Waals surface area contributed by atoms with Gasteiger partial charge in [-0.2, -0.15) is 5.10 Å². The second kappa shape index (κ2) is 7.37. The number of aliphatic hydroxyl groups is 1. The van der Waals surface area contributed by atoms with Crippen LogP contribution in [0.1, 0.15) is 34.4 Å². The number of ether oxygens (including phenoxy) is 1. The highest BCUT2D eigenvalue weighted by molar-refractivity contribution is 7.09. The van der Waals surface area contributed by atoms with E-state index in [0.29, 0.717) is 13.2 Å². The van der Waals surface area contributed by atoms with Gasteiger partial charge in [0.15, 0.2) is 5.82 Å². The molecule has 0 spiro atoms. The van der Waals surface area contributed by atoms with Crippen LogP contribution in [0.25, 0.3) is 0 Å². The fourth-order valence-corrected chi connectivity index (χ4v) is 4.02. The molecule has 0 bridgehead atoms. The van der Waals surface area contributed by atoms with Crippen LogP contribution in [-0.2, 0) is 19.4 Å². The van der Waals surface area contributed by atoms with Crippen molar-refractivity contribution in [3.63, 3.8) is 0 Å². The Morgan fingerprint density at radius 2 is 2.16 bits per heavy atom. The van der Waals surface area contributed by atoms with Gasteiger partial charge in [0, 0.05) is 17.2 Å². The van der Waals surface area contributed by atoms with Crippen LogP contribution in [0.15, 0.2) is 41.8 Å². The maximum Gasteiger partial charge on any atom is 0.156 e. The number of hydrogen-bond donors (Lipinski definition) is 1. The number of benzene rings is 1. The van der Waals surface area contributed by atoms with Crippen molar-refractivity contribution in [2.45, 2.75) is 31.7 Å². The van der Waals surface area contributed by atoms with Gasteiger partial charge in [-0.25, -0.2) is 9.67 Å². The van der Waals surface area contributed by atoms with E-state index in [2.05, 4.69) is 22.6 Å². The van der Waals surface area contributed by atoms with Gasteiger partial charge in [0.25, 0.3) is 0 Å². The third-order valence-corrected chi connectivity index (χ3v) is 5.37. The molecule has 0 aliphatic carbocycles. The normalized spacial score (nSPS) is 16.9. The van der Waals surface area contributed by atoms with Crippen molar-refractivity contribution in [1.82, 2.24) is 14.8 Å². The average Bonchev–Trinajstić information content (AvgIpc) is 3.21. The SMILES string of the molecule is OCCn1nc(Cc2cccs2)nc1C1CCOc2ccccc2C1. The molecule has 3 aromatic rings. The number of rotatable bonds is 5. The molecule has 2 aromatic heterocycles. The van der Waals surface area contributed by atoms with Gasteiger partial charge in [0.1, 0.15) is 11.6 Å². The lowest BCUT2D eigenvalue weighted by atomic mass is 9.96. The lowest BCUT2D eigenvalue weighted by Crippen LogP contribution is -2.15. The van der Waals surface area contributed by atoms with Gasteiger partial charge >= 0.3 is 0 Å². The number of fused-ring (bicyclic) bond motifs is 1. The quantitative estimate of drug-likeness (QED) is 0.764. The molecule has 0 saturated heterocycles. The van der Waals surface area contributed by atoms with E-state index < -0.39 is 0 Å². The van der Waals surface area contributed by atoms with E-state index in [9.17, 15) is 5.11 Å². The minimum absolute atomic E-state index is 0.0641. The number of nitrogens with zero attached hydrogens (tertiary/aromatic N) is 3. The molecule has 6 heteroatoms. The van der Waals surface area contributed by atoms with Crippen LogP contribution in [-0.4, -0.2) is 33.1 Å². The Bertz CT molecular complexity index is 829. The smallest absolute Gasteiger partial charge is 0.156 e. The molecule has 5 nitrogen and oxygen atoms in total. The first-order valence-corrected chi connectivity index (χ1v) is 9.49. The summed E-state index contributed by atoms with van der Waals surface area (Å²) in [5, 5.41) is 16.1. The first-order valence-electron chi connectivity index (χ1n) is 8.61. The van der Waals surface area contributed by atoms with Gasteiger partial charge in [0.2, 0.25) is 0 Å². The van der Waals surface area contributed by atoms with Crippen LogP contribution < -0.4 is 4.74 Å². The zero-order valence-electron chi connectivity index (χ0n) is 14.0. The van der Waals surface area contributed by atoms with Crippen molar-refractivity contribution >= 4 is 11.3 Å². The van der Waals surface area contributed by atoms with Gasteiger partial charge < -0.3 is 9.84 Å². The molecule has 1 N–H and O–H groups in total. The Kier molecular flexibility index (Phi) is 4.81. The fraction of sp³-hybridized carbons (Fsp3) is 0.368. The van der Waals surface area contributed by atoms with E-state index >= 15 is 0 Å². The maximum absolute atomic E-state index is 9.41. The summed E-state index contributed by atoms with van der Waals surface area (Å²) in [4.78, 5) is 6.09. The van der Waals surface area contributed by atoms with Crippen LogP contribution in [0.3, 0.4) is 0 Å². The Morgan fingerprint density at radius 3 is 3.00 bits per heavy atom. The molecule has 1 aromatic carbocycles. The molecular weight excluding hydrogens is 334 g/mol. The first kappa shape index (κ1) is 16.3. The lowest BCUT2D eigenvalue weighted by Gasteiger charge is -2.13. The molecule has 3 heterocycles. The van der Waals surface area contributed by atoms with Gasteiger partial charge in [-0.3, -0.25) is 0 Å². The maximum atomic E-state index is 9.41. The number of para-hydroxylation sites is 1. The monoisotopic (exact) mass is 355 g/mol. The zero-order valence-corrected chi connectivity index (χ0v) is 14.8. The van der Waals surface area contributed by atoms with E-state index in [0.717, 1.165) is 36.7 Å². The highest BCUT2D eigenvalue weighted by atomic mass is 32.1. The minimum atomic E-state index is 0.0641. The predicted molar refractivity (Wildman–Crippen MR) is 97.2 cm³/mol. The third-order valence-electron chi connectivity index (χ3n) is 4.50. The second-order valence-electron chi connectivity index (χ2n) is 6.24. The van der Waals surface area contributed by atoms with Crippen molar-refractivity contribution in [3.8, 4) is 5.75 Å². The molecule has 0 amide bonds. The summed E-state index contributed by atoms with van der Waals surface area (Å²) in [5.41, 5.74) is 1.21. The summed E-state index contributed by atoms with van der Waals surface area (Å²) in [7, 11) is 0. The summed E-state index contributed by atoms with van der Waals surface area (Å²) in [6, 6.07) is 12.3. The molecule has 1 aliphatic heterocycles. The first-order chi connectivity index (χ1) is 12.3. The van der Waals surface area contributed by atoms with Crippen molar-refractivity contribution in [1.29, 1.82) is 0 Å². The third kappa shape index (κ3) is 3.60. The molecule has 1 unspecified atom stereocenters. The lowest BCUT2D eigenvalue weighted by molar-refractivity contribution is 0.263. The van der Waals surface area contributed by atoms with Crippen molar-refractivity contribution in [2.24, 2.45) is 0 Å². The summed E-state index contributed by atoms with van der Waals surface area (Å²) in [6.45, 7) is 1.22. The van der Waals surface area contributed by atoms with Gasteiger partial charge in [0.05, 0.1) is 19.8 Å². The topological polar surface area (TPSA) is 60.2 Å². The van der Waals surface area contributed by atoms with Crippen LogP contribution in [0.2, 0.25) is 0 Å². The minimum Gasteiger partial charge on any atom is -0.493 e.